The van der Waals surface area contributed by atoms with Crippen molar-refractivity contribution in [2.45, 2.75) is 19.0 Å². The van der Waals surface area contributed by atoms with Gasteiger partial charge in [-0.1, -0.05) is 59.3 Å². The summed E-state index contributed by atoms with van der Waals surface area (Å²) in [4.78, 5) is 28.2. The van der Waals surface area contributed by atoms with Gasteiger partial charge in [-0.2, -0.15) is 0 Å². The van der Waals surface area contributed by atoms with E-state index in [9.17, 15) is 9.59 Å². The fraction of sp³-hybridized carbons (Fsp3) is 0.333. The van der Waals surface area contributed by atoms with E-state index in [-0.39, 0.29) is 17.8 Å². The lowest BCUT2D eigenvalue weighted by Crippen LogP contribution is -2.51. The van der Waals surface area contributed by atoms with Gasteiger partial charge in [0.1, 0.15) is 0 Å². The molecule has 0 saturated carbocycles. The van der Waals surface area contributed by atoms with Crippen LogP contribution in [0, 0.1) is 6.92 Å². The number of aromatic nitrogens is 3. The van der Waals surface area contributed by atoms with E-state index in [2.05, 4.69) is 10.2 Å². The third-order valence-electron chi connectivity index (χ3n) is 5.49. The standard InChI is InChI=1S/C24H26ClN5O3S/c1-3-33-24(32)29-13-11-28(12-14-29)21(31)16-34-23-27-26-22(18-9-7-17(2)8-10-18)30(23)20-6-4-5-19(25)15-20/h4-10,15H,3,11-14,16H2,1-2H3. The molecule has 0 atom stereocenters. The Kier molecular flexibility index (Phi) is 7.74. The third kappa shape index (κ3) is 5.53. The van der Waals surface area contributed by atoms with E-state index in [4.69, 9.17) is 16.3 Å². The van der Waals surface area contributed by atoms with Crippen LogP contribution in [0.2, 0.25) is 5.02 Å². The first-order chi connectivity index (χ1) is 16.5. The molecule has 1 fully saturated rings. The van der Waals surface area contributed by atoms with Crippen LogP contribution in [-0.2, 0) is 9.53 Å². The monoisotopic (exact) mass is 499 g/mol. The van der Waals surface area contributed by atoms with Crippen LogP contribution in [0.5, 0.6) is 0 Å². The Bertz CT molecular complexity index is 1160. The molecule has 2 aromatic carbocycles. The number of nitrogens with zero attached hydrogens (tertiary/aromatic N) is 5. The number of piperazine rings is 1. The summed E-state index contributed by atoms with van der Waals surface area (Å²) in [6.07, 6.45) is -0.331. The molecule has 1 aliphatic heterocycles. The minimum atomic E-state index is -0.331. The average molecular weight is 500 g/mol. The Balaban J connectivity index is 1.49. The van der Waals surface area contributed by atoms with Gasteiger partial charge >= 0.3 is 6.09 Å². The molecule has 2 amide bonds. The minimum Gasteiger partial charge on any atom is -0.450 e. The summed E-state index contributed by atoms with van der Waals surface area (Å²) in [6, 6.07) is 15.5. The molecule has 3 aromatic rings. The van der Waals surface area contributed by atoms with Crippen LogP contribution in [0.4, 0.5) is 4.79 Å². The summed E-state index contributed by atoms with van der Waals surface area (Å²) in [5, 5.41) is 10.0. The van der Waals surface area contributed by atoms with E-state index in [1.165, 1.54) is 11.8 Å². The van der Waals surface area contributed by atoms with Crippen molar-refractivity contribution in [1.82, 2.24) is 24.6 Å². The van der Waals surface area contributed by atoms with Crippen molar-refractivity contribution in [2.75, 3.05) is 38.5 Å². The van der Waals surface area contributed by atoms with Crippen molar-refractivity contribution in [3.05, 3.63) is 59.1 Å². The van der Waals surface area contributed by atoms with Crippen molar-refractivity contribution >= 4 is 35.4 Å². The maximum Gasteiger partial charge on any atom is 0.409 e. The zero-order chi connectivity index (χ0) is 24.1. The quantitative estimate of drug-likeness (QED) is 0.471. The molecule has 34 heavy (non-hydrogen) atoms. The number of ether oxygens (including phenoxy) is 1. The highest BCUT2D eigenvalue weighted by Gasteiger charge is 2.25. The second-order valence-electron chi connectivity index (χ2n) is 7.84. The van der Waals surface area contributed by atoms with Crippen molar-refractivity contribution in [2.24, 2.45) is 0 Å². The van der Waals surface area contributed by atoms with E-state index >= 15 is 0 Å². The fourth-order valence-electron chi connectivity index (χ4n) is 3.67. The van der Waals surface area contributed by atoms with Gasteiger partial charge < -0.3 is 14.5 Å². The van der Waals surface area contributed by atoms with Crippen LogP contribution in [0.3, 0.4) is 0 Å². The lowest BCUT2D eigenvalue weighted by molar-refractivity contribution is -0.129. The van der Waals surface area contributed by atoms with Gasteiger partial charge in [-0.05, 0) is 32.0 Å². The predicted molar refractivity (Wildman–Crippen MR) is 132 cm³/mol. The smallest absolute Gasteiger partial charge is 0.409 e. The van der Waals surface area contributed by atoms with Crippen LogP contribution in [0.15, 0.2) is 53.7 Å². The largest absolute Gasteiger partial charge is 0.450 e. The number of benzene rings is 2. The highest BCUT2D eigenvalue weighted by molar-refractivity contribution is 7.99. The number of hydrogen-bond acceptors (Lipinski definition) is 6. The van der Waals surface area contributed by atoms with Crippen LogP contribution >= 0.6 is 23.4 Å². The number of aryl methyl sites for hydroxylation is 1. The van der Waals surface area contributed by atoms with Crippen LogP contribution in [0.25, 0.3) is 17.1 Å². The van der Waals surface area contributed by atoms with Gasteiger partial charge in [-0.25, -0.2) is 4.79 Å². The highest BCUT2D eigenvalue weighted by Crippen LogP contribution is 2.29. The summed E-state index contributed by atoms with van der Waals surface area (Å²) < 4.78 is 6.97. The Morgan fingerprint density at radius 3 is 2.41 bits per heavy atom. The summed E-state index contributed by atoms with van der Waals surface area (Å²) >= 11 is 7.59. The van der Waals surface area contributed by atoms with Crippen molar-refractivity contribution < 1.29 is 14.3 Å². The van der Waals surface area contributed by atoms with Gasteiger partial charge in [0.15, 0.2) is 11.0 Å². The van der Waals surface area contributed by atoms with Gasteiger partial charge in [0.25, 0.3) is 0 Å². The van der Waals surface area contributed by atoms with E-state index in [1.54, 1.807) is 16.7 Å². The molecular formula is C24H26ClN5O3S. The van der Waals surface area contributed by atoms with Gasteiger partial charge in [0, 0.05) is 36.8 Å². The van der Waals surface area contributed by atoms with Crippen LogP contribution in [0.1, 0.15) is 12.5 Å². The maximum absolute atomic E-state index is 12.9. The Hall–Kier alpha value is -3.04. The molecule has 0 spiro atoms. The predicted octanol–water partition coefficient (Wildman–Crippen LogP) is 4.29. The third-order valence-corrected chi connectivity index (χ3v) is 6.64. The summed E-state index contributed by atoms with van der Waals surface area (Å²) in [5.74, 6) is 0.887. The number of thioether (sulfide) groups is 1. The van der Waals surface area contributed by atoms with Crippen molar-refractivity contribution in [3.8, 4) is 17.1 Å². The molecule has 178 valence electrons. The SMILES string of the molecule is CCOC(=O)N1CCN(C(=O)CSc2nnc(-c3ccc(C)cc3)n2-c2cccc(Cl)c2)CC1. The first-order valence-corrected chi connectivity index (χ1v) is 12.4. The summed E-state index contributed by atoms with van der Waals surface area (Å²) in [5.41, 5.74) is 2.90. The molecule has 0 N–H and O–H groups in total. The lowest BCUT2D eigenvalue weighted by atomic mass is 10.1. The second-order valence-corrected chi connectivity index (χ2v) is 9.22. The number of amides is 2. The molecule has 0 radical (unpaired) electrons. The molecule has 2 heterocycles. The van der Waals surface area contributed by atoms with Crippen molar-refractivity contribution in [1.29, 1.82) is 0 Å². The van der Waals surface area contributed by atoms with E-state index < -0.39 is 0 Å². The van der Waals surface area contributed by atoms with E-state index in [1.807, 2.05) is 60.0 Å². The van der Waals surface area contributed by atoms with E-state index in [0.29, 0.717) is 48.8 Å². The molecule has 4 rings (SSSR count). The molecular weight excluding hydrogens is 474 g/mol. The molecule has 8 nitrogen and oxygen atoms in total. The zero-order valence-electron chi connectivity index (χ0n) is 19.1. The van der Waals surface area contributed by atoms with Gasteiger partial charge in [-0.15, -0.1) is 10.2 Å². The zero-order valence-corrected chi connectivity index (χ0v) is 20.7. The highest BCUT2D eigenvalue weighted by atomic mass is 35.5. The Labute approximate surface area is 207 Å². The minimum absolute atomic E-state index is 0.00830. The molecule has 1 aromatic heterocycles. The number of carbonyl (C=O) groups is 2. The van der Waals surface area contributed by atoms with Crippen molar-refractivity contribution in [3.63, 3.8) is 0 Å². The first-order valence-electron chi connectivity index (χ1n) is 11.1. The van der Waals surface area contributed by atoms with E-state index in [0.717, 1.165) is 16.8 Å². The number of hydrogen-bond donors (Lipinski definition) is 0. The molecule has 1 aliphatic rings. The first kappa shape index (κ1) is 24.1. The Morgan fingerprint density at radius 1 is 1.03 bits per heavy atom. The van der Waals surface area contributed by atoms with Gasteiger partial charge in [0.2, 0.25) is 5.91 Å². The summed E-state index contributed by atoms with van der Waals surface area (Å²) in [7, 11) is 0. The molecule has 0 aliphatic carbocycles. The lowest BCUT2D eigenvalue weighted by Gasteiger charge is -2.34. The van der Waals surface area contributed by atoms with Crippen LogP contribution < -0.4 is 0 Å². The molecule has 0 unspecified atom stereocenters. The number of halogens is 1. The average Bonchev–Trinajstić information content (AvgIpc) is 3.27. The molecule has 1 saturated heterocycles. The molecule has 10 heteroatoms. The number of rotatable bonds is 6. The number of carbonyl (C=O) groups excluding carboxylic acids is 2. The second kappa shape index (κ2) is 10.9. The maximum atomic E-state index is 12.9. The fourth-order valence-corrected chi connectivity index (χ4v) is 4.71. The normalized spacial score (nSPS) is 13.7. The molecule has 0 bridgehead atoms. The van der Waals surface area contributed by atoms with Gasteiger partial charge in [-0.3, -0.25) is 9.36 Å². The van der Waals surface area contributed by atoms with Crippen LogP contribution in [-0.4, -0.2) is 75.1 Å². The summed E-state index contributed by atoms with van der Waals surface area (Å²) in [6.45, 7) is 6.04. The van der Waals surface area contributed by atoms with Gasteiger partial charge in [0.05, 0.1) is 18.0 Å². The Morgan fingerprint density at radius 2 is 1.74 bits per heavy atom. The topological polar surface area (TPSA) is 80.6 Å².